The molecule has 10 nitrogen and oxygen atoms in total. The summed E-state index contributed by atoms with van der Waals surface area (Å²) in [7, 11) is 0. The van der Waals surface area contributed by atoms with Crippen LogP contribution in [0.25, 0.3) is 16.6 Å². The third-order valence-electron chi connectivity index (χ3n) is 11.5. The number of benzene rings is 5. The number of pyridine rings is 1. The first kappa shape index (κ1) is 50.8. The normalized spacial score (nSPS) is 13.4. The molecule has 0 saturated carbocycles. The Bertz CT molecular complexity index is 3160. The van der Waals surface area contributed by atoms with Crippen molar-refractivity contribution >= 4 is 51.3 Å². The Labute approximate surface area is 409 Å². The molecule has 1 aliphatic heterocycles. The third-order valence-corrected chi connectivity index (χ3v) is 11.7. The van der Waals surface area contributed by atoms with Crippen molar-refractivity contribution in [2.45, 2.75) is 57.4 Å². The van der Waals surface area contributed by atoms with Crippen molar-refractivity contribution in [1.29, 1.82) is 0 Å². The van der Waals surface area contributed by atoms with E-state index in [1.54, 1.807) is 34.9 Å². The molecule has 1 amide bonds. The second-order valence-corrected chi connectivity index (χ2v) is 16.8. The lowest BCUT2D eigenvalue weighted by Crippen LogP contribution is -2.32. The van der Waals surface area contributed by atoms with Crippen molar-refractivity contribution in [1.82, 2.24) is 24.7 Å². The number of nitrogens with one attached hydrogen (secondary N) is 2. The Morgan fingerprint density at radius 1 is 0.736 bits per heavy atom. The number of hydrogen-bond donors (Lipinski definition) is 2. The number of hydrogen-bond acceptors (Lipinski definition) is 8. The molecule has 0 bridgehead atoms. The molecule has 1 aliphatic rings. The monoisotopic (exact) mass is 1020 g/mol. The van der Waals surface area contributed by atoms with E-state index in [9.17, 15) is 48.7 Å². The fourth-order valence-corrected chi connectivity index (χ4v) is 8.13. The highest BCUT2D eigenvalue weighted by Gasteiger charge is 2.36. The second kappa shape index (κ2) is 21.0. The SMILES string of the molecule is CCc1nc2ccc(Cl)cn2c1C(=O)NCc1ccc(N2CCC(c3ccc(OC(F)(F)F)cc3)CC2)cc1.Fc1ccc2c(Nc3ccc(Oc4ccc(C(F)(F)F)cc4)cc3)nc(C(F)(F)F)nc2c1. The minimum absolute atomic E-state index is 0.169. The Balaban J connectivity index is 0.000000195. The van der Waals surface area contributed by atoms with Gasteiger partial charge in [-0.2, -0.15) is 26.3 Å². The van der Waals surface area contributed by atoms with E-state index >= 15 is 0 Å². The van der Waals surface area contributed by atoms with Crippen molar-refractivity contribution in [3.8, 4) is 17.2 Å². The van der Waals surface area contributed by atoms with Gasteiger partial charge in [-0.1, -0.05) is 42.8 Å². The van der Waals surface area contributed by atoms with E-state index in [-0.39, 0.29) is 45.8 Å². The first-order valence-corrected chi connectivity index (χ1v) is 22.5. The van der Waals surface area contributed by atoms with Gasteiger partial charge in [-0.05, 0) is 133 Å². The van der Waals surface area contributed by atoms with Crippen LogP contribution in [0.15, 0.2) is 134 Å². The molecule has 0 spiro atoms. The van der Waals surface area contributed by atoms with Crippen LogP contribution in [-0.2, 0) is 25.3 Å². The van der Waals surface area contributed by atoms with E-state index in [0.717, 1.165) is 72.7 Å². The van der Waals surface area contributed by atoms with Crippen LogP contribution in [0.1, 0.15) is 64.4 Å². The van der Waals surface area contributed by atoms with Crippen LogP contribution >= 0.6 is 11.6 Å². The highest BCUT2D eigenvalue weighted by atomic mass is 35.5. The average molecular weight is 1020 g/mol. The molecule has 8 aromatic rings. The summed E-state index contributed by atoms with van der Waals surface area (Å²) in [6, 6.07) is 31.0. The predicted octanol–water partition coefficient (Wildman–Crippen LogP) is 14.1. The van der Waals surface area contributed by atoms with E-state index in [2.05, 4.69) is 47.4 Å². The molecular formula is C51H40ClF10N7O3. The van der Waals surface area contributed by atoms with Crippen LogP contribution in [-0.4, -0.2) is 44.7 Å². The van der Waals surface area contributed by atoms with Crippen LogP contribution in [0, 0.1) is 5.82 Å². The summed E-state index contributed by atoms with van der Waals surface area (Å²) >= 11 is 6.14. The molecule has 21 heteroatoms. The number of aromatic nitrogens is 4. The number of aryl methyl sites for hydroxylation is 1. The van der Waals surface area contributed by atoms with Gasteiger partial charge in [0.25, 0.3) is 5.91 Å². The van der Waals surface area contributed by atoms with E-state index < -0.39 is 35.9 Å². The van der Waals surface area contributed by atoms with E-state index in [1.165, 1.54) is 54.6 Å². The topological polar surface area (TPSA) is 106 Å². The summed E-state index contributed by atoms with van der Waals surface area (Å²) in [6.45, 7) is 4.04. The highest BCUT2D eigenvalue weighted by molar-refractivity contribution is 6.30. The molecule has 1 fully saturated rings. The summed E-state index contributed by atoms with van der Waals surface area (Å²) in [4.78, 5) is 26.8. The number of amides is 1. The molecule has 0 atom stereocenters. The lowest BCUT2D eigenvalue weighted by molar-refractivity contribution is -0.274. The summed E-state index contributed by atoms with van der Waals surface area (Å²) in [6.07, 6.45) is -9.85. The van der Waals surface area contributed by atoms with Gasteiger partial charge in [-0.3, -0.25) is 9.20 Å². The number of carbonyl (C=O) groups is 1. The average Bonchev–Trinajstić information content (AvgIpc) is 3.71. The van der Waals surface area contributed by atoms with Crippen LogP contribution in [0.2, 0.25) is 5.02 Å². The van der Waals surface area contributed by atoms with Gasteiger partial charge >= 0.3 is 18.7 Å². The molecule has 3 aromatic heterocycles. The van der Waals surface area contributed by atoms with Crippen molar-refractivity contribution in [3.05, 3.63) is 178 Å². The summed E-state index contributed by atoms with van der Waals surface area (Å²) in [5, 5.41) is 6.45. The number of anilines is 3. The van der Waals surface area contributed by atoms with Gasteiger partial charge in [0.1, 0.15) is 40.2 Å². The maximum Gasteiger partial charge on any atom is 0.573 e. The third kappa shape index (κ3) is 12.6. The summed E-state index contributed by atoms with van der Waals surface area (Å²) in [5.74, 6) is -2.01. The quantitative estimate of drug-likeness (QED) is 0.123. The van der Waals surface area contributed by atoms with Crippen LogP contribution in [0.3, 0.4) is 0 Å². The molecular weight excluding hydrogens is 984 g/mol. The number of fused-ring (bicyclic) bond motifs is 2. The van der Waals surface area contributed by atoms with Crippen LogP contribution in [0.5, 0.6) is 17.2 Å². The fraction of sp³-hybridized carbons (Fsp3) is 0.216. The largest absolute Gasteiger partial charge is 0.573 e. The smallest absolute Gasteiger partial charge is 0.457 e. The second-order valence-electron chi connectivity index (χ2n) is 16.4. The summed E-state index contributed by atoms with van der Waals surface area (Å²) in [5.41, 5.74) is 4.31. The van der Waals surface area contributed by atoms with Gasteiger partial charge in [0, 0.05) is 48.7 Å². The number of ether oxygens (including phenoxy) is 2. The van der Waals surface area contributed by atoms with Crippen molar-refractivity contribution in [2.75, 3.05) is 23.3 Å². The van der Waals surface area contributed by atoms with E-state index in [4.69, 9.17) is 16.3 Å². The zero-order valence-electron chi connectivity index (χ0n) is 37.6. The molecule has 9 rings (SSSR count). The zero-order chi connectivity index (χ0) is 51.4. The Morgan fingerprint density at radius 3 is 1.99 bits per heavy atom. The van der Waals surface area contributed by atoms with Crippen LogP contribution < -0.4 is 25.0 Å². The minimum Gasteiger partial charge on any atom is -0.457 e. The zero-order valence-corrected chi connectivity index (χ0v) is 38.4. The molecule has 0 unspecified atom stereocenters. The number of alkyl halides is 9. The molecule has 374 valence electrons. The van der Waals surface area contributed by atoms with Gasteiger partial charge < -0.3 is 25.0 Å². The standard InChI is InChI=1S/C29H28ClF3N4O2.C22H12F7N3O/c1-2-25-27(37-18-22(30)7-12-26(37)35-25)28(38)34-17-19-3-8-23(9-4-19)36-15-13-21(14-16-36)20-5-10-24(11-6-20)39-29(31,32)33;23-13-3-10-17-18(11-13)31-20(22(27,28)29)32-19(17)30-14-4-8-16(9-5-14)33-15-6-1-12(2-7-15)21(24,25)26/h3-12,18,21H,2,13-17H2,1H3,(H,34,38);1-11H,(H,30,31,32). The predicted molar refractivity (Wildman–Crippen MR) is 250 cm³/mol. The first-order chi connectivity index (χ1) is 34.2. The van der Waals surface area contributed by atoms with Gasteiger partial charge in [0.2, 0.25) is 5.82 Å². The fourth-order valence-electron chi connectivity index (χ4n) is 7.97. The number of rotatable bonds is 11. The molecule has 2 N–H and O–H groups in total. The molecule has 1 saturated heterocycles. The maximum atomic E-state index is 13.5. The molecule has 72 heavy (non-hydrogen) atoms. The maximum absolute atomic E-state index is 13.5. The number of nitrogens with zero attached hydrogens (tertiary/aromatic N) is 5. The molecule has 0 aliphatic carbocycles. The molecule has 4 heterocycles. The number of piperidine rings is 1. The Kier molecular flexibility index (Phi) is 14.8. The Hall–Kier alpha value is -7.61. The van der Waals surface area contributed by atoms with Gasteiger partial charge in [-0.15, -0.1) is 13.2 Å². The van der Waals surface area contributed by atoms with Crippen molar-refractivity contribution in [2.24, 2.45) is 0 Å². The summed E-state index contributed by atoms with van der Waals surface area (Å²) < 4.78 is 139. The van der Waals surface area contributed by atoms with Gasteiger partial charge in [-0.25, -0.2) is 19.3 Å². The van der Waals surface area contributed by atoms with Gasteiger partial charge in [0.15, 0.2) is 0 Å². The lowest BCUT2D eigenvalue weighted by atomic mass is 9.89. The van der Waals surface area contributed by atoms with E-state index in [0.29, 0.717) is 35.0 Å². The number of imidazole rings is 1. The molecule has 5 aromatic carbocycles. The van der Waals surface area contributed by atoms with Crippen molar-refractivity contribution in [3.63, 3.8) is 0 Å². The molecule has 0 radical (unpaired) electrons. The highest BCUT2D eigenvalue weighted by Crippen LogP contribution is 2.36. The number of halogens is 11. The minimum atomic E-state index is -4.84. The van der Waals surface area contributed by atoms with Crippen LogP contribution in [0.4, 0.5) is 61.1 Å². The van der Waals surface area contributed by atoms with Gasteiger partial charge in [0.05, 0.1) is 21.8 Å². The van der Waals surface area contributed by atoms with Crippen molar-refractivity contribution < 1.29 is 58.2 Å². The van der Waals surface area contributed by atoms with E-state index in [1.807, 2.05) is 19.1 Å². The Morgan fingerprint density at radius 2 is 1.38 bits per heavy atom. The first-order valence-electron chi connectivity index (χ1n) is 22.1. The lowest BCUT2D eigenvalue weighted by Gasteiger charge is -2.34. The number of carbonyl (C=O) groups excluding carboxylic acids is 1.